The van der Waals surface area contributed by atoms with Gasteiger partial charge in [0.05, 0.1) is 5.52 Å². The standard InChI is InChI=1S/C14H15NO/c1-11(16)5-4-7-13-10-9-12-6-2-3-8-14(12)15-13/h2-3,6,8-10H,4-5,7H2,1H3. The van der Waals surface area contributed by atoms with Crippen molar-refractivity contribution in [3.8, 4) is 0 Å². The summed E-state index contributed by atoms with van der Waals surface area (Å²) in [6.45, 7) is 1.63. The van der Waals surface area contributed by atoms with Gasteiger partial charge in [0.2, 0.25) is 0 Å². The molecule has 0 aliphatic heterocycles. The third kappa shape index (κ3) is 2.66. The second-order valence-corrected chi connectivity index (χ2v) is 4.05. The van der Waals surface area contributed by atoms with E-state index in [1.54, 1.807) is 6.92 Å². The van der Waals surface area contributed by atoms with Crippen LogP contribution in [0.25, 0.3) is 10.9 Å². The zero-order valence-electron chi connectivity index (χ0n) is 9.44. The summed E-state index contributed by atoms with van der Waals surface area (Å²) in [5, 5.41) is 1.16. The number of aromatic nitrogens is 1. The maximum Gasteiger partial charge on any atom is 0.129 e. The van der Waals surface area contributed by atoms with E-state index in [1.807, 2.05) is 24.3 Å². The number of carbonyl (C=O) groups is 1. The number of rotatable bonds is 4. The fraction of sp³-hybridized carbons (Fsp3) is 0.286. The van der Waals surface area contributed by atoms with Gasteiger partial charge in [0.25, 0.3) is 0 Å². The van der Waals surface area contributed by atoms with Gasteiger partial charge in [-0.1, -0.05) is 24.3 Å². The summed E-state index contributed by atoms with van der Waals surface area (Å²) in [6.07, 6.45) is 2.42. The molecular formula is C14H15NO. The molecule has 1 aromatic carbocycles. The molecule has 16 heavy (non-hydrogen) atoms. The summed E-state index contributed by atoms with van der Waals surface area (Å²) in [5.74, 6) is 0.251. The van der Waals surface area contributed by atoms with Crippen molar-refractivity contribution in [3.63, 3.8) is 0 Å². The Bertz CT molecular complexity index is 505. The molecule has 0 bridgehead atoms. The number of hydrogen-bond donors (Lipinski definition) is 0. The van der Waals surface area contributed by atoms with Crippen LogP contribution in [0.1, 0.15) is 25.5 Å². The molecule has 1 heterocycles. The normalized spacial score (nSPS) is 10.6. The molecule has 0 unspecified atom stereocenters. The van der Waals surface area contributed by atoms with Crippen LogP contribution < -0.4 is 0 Å². The molecule has 2 rings (SSSR count). The second kappa shape index (κ2) is 4.88. The first-order valence-corrected chi connectivity index (χ1v) is 5.60. The van der Waals surface area contributed by atoms with E-state index in [0.29, 0.717) is 6.42 Å². The van der Waals surface area contributed by atoms with Crippen LogP contribution in [-0.4, -0.2) is 10.8 Å². The number of Topliss-reactive ketones (excluding diaryl/α,β-unsaturated/α-hetero) is 1. The van der Waals surface area contributed by atoms with Crippen LogP contribution in [0.3, 0.4) is 0 Å². The topological polar surface area (TPSA) is 30.0 Å². The van der Waals surface area contributed by atoms with Crippen LogP contribution in [0, 0.1) is 0 Å². The lowest BCUT2D eigenvalue weighted by Gasteiger charge is -2.02. The van der Waals surface area contributed by atoms with Gasteiger partial charge in [-0.05, 0) is 31.9 Å². The number of hydrogen-bond acceptors (Lipinski definition) is 2. The first kappa shape index (κ1) is 10.8. The highest BCUT2D eigenvalue weighted by molar-refractivity contribution is 5.78. The van der Waals surface area contributed by atoms with Crippen LogP contribution in [0.4, 0.5) is 0 Å². The molecule has 0 saturated carbocycles. The number of nitrogens with zero attached hydrogens (tertiary/aromatic N) is 1. The fourth-order valence-electron chi connectivity index (χ4n) is 1.77. The van der Waals surface area contributed by atoms with E-state index in [-0.39, 0.29) is 5.78 Å². The molecule has 0 saturated heterocycles. The Morgan fingerprint density at radius 2 is 2.00 bits per heavy atom. The van der Waals surface area contributed by atoms with E-state index < -0.39 is 0 Å². The Labute approximate surface area is 95.3 Å². The van der Waals surface area contributed by atoms with E-state index in [0.717, 1.165) is 29.4 Å². The molecule has 1 aromatic heterocycles. The van der Waals surface area contributed by atoms with Crippen molar-refractivity contribution in [2.45, 2.75) is 26.2 Å². The highest BCUT2D eigenvalue weighted by Crippen LogP contribution is 2.13. The van der Waals surface area contributed by atoms with Crippen LogP contribution >= 0.6 is 0 Å². The average molecular weight is 213 g/mol. The summed E-state index contributed by atoms with van der Waals surface area (Å²) in [4.78, 5) is 15.4. The number of ketones is 1. The average Bonchev–Trinajstić information content (AvgIpc) is 2.28. The molecule has 2 nitrogen and oxygen atoms in total. The minimum absolute atomic E-state index is 0.251. The summed E-state index contributed by atoms with van der Waals surface area (Å²) < 4.78 is 0. The van der Waals surface area contributed by atoms with Gasteiger partial charge in [-0.15, -0.1) is 0 Å². The van der Waals surface area contributed by atoms with Crippen molar-refractivity contribution in [2.24, 2.45) is 0 Å². The van der Waals surface area contributed by atoms with Crippen LogP contribution in [0.2, 0.25) is 0 Å². The van der Waals surface area contributed by atoms with Crippen LogP contribution in [-0.2, 0) is 11.2 Å². The van der Waals surface area contributed by atoms with Gasteiger partial charge in [0.1, 0.15) is 5.78 Å². The summed E-state index contributed by atoms with van der Waals surface area (Å²) in [7, 11) is 0. The SMILES string of the molecule is CC(=O)CCCc1ccc2ccccc2n1. The molecule has 0 fully saturated rings. The van der Waals surface area contributed by atoms with E-state index >= 15 is 0 Å². The number of fused-ring (bicyclic) bond motifs is 1. The second-order valence-electron chi connectivity index (χ2n) is 4.05. The monoisotopic (exact) mass is 213 g/mol. The lowest BCUT2D eigenvalue weighted by Crippen LogP contribution is -1.95. The maximum absolute atomic E-state index is 10.8. The number of para-hydroxylation sites is 1. The molecule has 0 atom stereocenters. The molecule has 0 N–H and O–H groups in total. The number of carbonyl (C=O) groups excluding carboxylic acids is 1. The predicted molar refractivity (Wildman–Crippen MR) is 65.4 cm³/mol. The van der Waals surface area contributed by atoms with Crippen molar-refractivity contribution in [1.82, 2.24) is 4.98 Å². The zero-order chi connectivity index (χ0) is 11.4. The highest BCUT2D eigenvalue weighted by Gasteiger charge is 1.99. The van der Waals surface area contributed by atoms with Gasteiger partial charge in [0.15, 0.2) is 0 Å². The molecular weight excluding hydrogens is 198 g/mol. The number of aryl methyl sites for hydroxylation is 1. The summed E-state index contributed by atoms with van der Waals surface area (Å²) >= 11 is 0. The first-order valence-electron chi connectivity index (χ1n) is 5.60. The first-order chi connectivity index (χ1) is 7.75. The third-order valence-electron chi connectivity index (χ3n) is 2.62. The minimum atomic E-state index is 0.251. The Morgan fingerprint density at radius 3 is 2.81 bits per heavy atom. The van der Waals surface area contributed by atoms with Gasteiger partial charge in [-0.25, -0.2) is 0 Å². The maximum atomic E-state index is 10.8. The van der Waals surface area contributed by atoms with Crippen molar-refractivity contribution in [2.75, 3.05) is 0 Å². The van der Waals surface area contributed by atoms with E-state index in [1.165, 1.54) is 0 Å². The van der Waals surface area contributed by atoms with Crippen LogP contribution in [0.5, 0.6) is 0 Å². The smallest absolute Gasteiger partial charge is 0.129 e. The predicted octanol–water partition coefficient (Wildman–Crippen LogP) is 3.15. The van der Waals surface area contributed by atoms with Crippen molar-refractivity contribution in [1.29, 1.82) is 0 Å². The van der Waals surface area contributed by atoms with E-state index in [4.69, 9.17) is 0 Å². The quantitative estimate of drug-likeness (QED) is 0.781. The number of pyridine rings is 1. The Morgan fingerprint density at radius 1 is 1.19 bits per heavy atom. The molecule has 0 spiro atoms. The number of benzene rings is 1. The molecule has 0 aliphatic rings. The van der Waals surface area contributed by atoms with E-state index in [2.05, 4.69) is 17.1 Å². The fourth-order valence-corrected chi connectivity index (χ4v) is 1.77. The molecule has 0 aliphatic carbocycles. The van der Waals surface area contributed by atoms with Crippen molar-refractivity contribution in [3.05, 3.63) is 42.1 Å². The molecule has 2 aromatic rings. The van der Waals surface area contributed by atoms with Gasteiger partial charge >= 0.3 is 0 Å². The van der Waals surface area contributed by atoms with Crippen molar-refractivity contribution >= 4 is 16.7 Å². The minimum Gasteiger partial charge on any atom is -0.300 e. The summed E-state index contributed by atoms with van der Waals surface area (Å²) in [6, 6.07) is 12.2. The molecule has 82 valence electrons. The Hall–Kier alpha value is -1.70. The van der Waals surface area contributed by atoms with E-state index in [9.17, 15) is 4.79 Å². The Kier molecular flexibility index (Phi) is 3.30. The highest BCUT2D eigenvalue weighted by atomic mass is 16.1. The van der Waals surface area contributed by atoms with Gasteiger partial charge in [-0.3, -0.25) is 4.98 Å². The van der Waals surface area contributed by atoms with Crippen molar-refractivity contribution < 1.29 is 4.79 Å². The zero-order valence-corrected chi connectivity index (χ0v) is 9.44. The molecule has 0 radical (unpaired) electrons. The Balaban J connectivity index is 2.10. The van der Waals surface area contributed by atoms with Crippen LogP contribution in [0.15, 0.2) is 36.4 Å². The molecule has 2 heteroatoms. The summed E-state index contributed by atoms with van der Waals surface area (Å²) in [5.41, 5.74) is 2.10. The molecule has 0 amide bonds. The van der Waals surface area contributed by atoms with Gasteiger partial charge in [0, 0.05) is 17.5 Å². The lowest BCUT2D eigenvalue weighted by molar-refractivity contribution is -0.117. The van der Waals surface area contributed by atoms with Gasteiger partial charge < -0.3 is 4.79 Å². The lowest BCUT2D eigenvalue weighted by atomic mass is 10.1. The van der Waals surface area contributed by atoms with Gasteiger partial charge in [-0.2, -0.15) is 0 Å². The third-order valence-corrected chi connectivity index (χ3v) is 2.62. The largest absolute Gasteiger partial charge is 0.300 e.